The van der Waals surface area contributed by atoms with E-state index >= 15 is 0 Å². The molecule has 2 heterocycles. The van der Waals surface area contributed by atoms with E-state index in [0.717, 1.165) is 44.6 Å². The number of hydrogen-bond donors (Lipinski definition) is 1. The maximum absolute atomic E-state index is 10.3. The molecular weight excluding hydrogens is 400 g/mol. The molecule has 0 radical (unpaired) electrons. The molecule has 1 N–H and O–H groups in total. The lowest BCUT2D eigenvalue weighted by Crippen LogP contribution is -2.52. The Morgan fingerprint density at radius 1 is 1.06 bits per heavy atom. The lowest BCUT2D eigenvalue weighted by Gasteiger charge is -2.58. The summed E-state index contributed by atoms with van der Waals surface area (Å²) in [6, 6.07) is 0. The highest BCUT2D eigenvalue weighted by Gasteiger charge is 2.75. The van der Waals surface area contributed by atoms with Crippen LogP contribution in [0.25, 0.3) is 0 Å². The monoisotopic (exact) mass is 444 g/mol. The van der Waals surface area contributed by atoms with Crippen molar-refractivity contribution in [2.45, 2.75) is 103 Å². The second kappa shape index (κ2) is 7.06. The highest BCUT2D eigenvalue weighted by molar-refractivity contribution is 5.27. The number of methoxy groups -OCH3 is 1. The molecule has 1 spiro atoms. The van der Waals surface area contributed by atoms with Gasteiger partial charge in [0.1, 0.15) is 0 Å². The number of aliphatic hydroxyl groups is 1. The first-order valence-electron chi connectivity index (χ1n) is 13.4. The summed E-state index contributed by atoms with van der Waals surface area (Å²) in [6.07, 6.45) is 12.3. The van der Waals surface area contributed by atoms with E-state index in [0.29, 0.717) is 29.6 Å². The summed E-state index contributed by atoms with van der Waals surface area (Å²) in [6.45, 7) is 10.6. The second-order valence-electron chi connectivity index (χ2n) is 13.1. The molecule has 0 amide bonds. The molecule has 4 nitrogen and oxygen atoms in total. The van der Waals surface area contributed by atoms with Crippen molar-refractivity contribution in [3.63, 3.8) is 0 Å². The zero-order chi connectivity index (χ0) is 22.5. The van der Waals surface area contributed by atoms with E-state index in [1.54, 1.807) is 5.57 Å². The van der Waals surface area contributed by atoms with Gasteiger partial charge in [-0.1, -0.05) is 39.3 Å². The molecule has 0 aromatic heterocycles. The molecule has 0 bridgehead atoms. The van der Waals surface area contributed by atoms with E-state index < -0.39 is 11.6 Å². The van der Waals surface area contributed by atoms with E-state index in [-0.39, 0.29) is 16.9 Å². The number of hydrogen-bond acceptors (Lipinski definition) is 4. The Morgan fingerprint density at radius 2 is 1.88 bits per heavy atom. The molecular formula is C28H44O4. The first-order chi connectivity index (χ1) is 15.2. The van der Waals surface area contributed by atoms with Crippen LogP contribution < -0.4 is 0 Å². The SMILES string of the molecule is COC12CC3C4CC=C5C[C@@H](O)CC[C@]5(C)C4CC[C@]3(C)C1C(C)C1(CCC(C)CO1)O2. The van der Waals surface area contributed by atoms with Crippen molar-refractivity contribution < 1.29 is 19.3 Å². The minimum Gasteiger partial charge on any atom is -0.393 e. The summed E-state index contributed by atoms with van der Waals surface area (Å²) in [4.78, 5) is 0. The van der Waals surface area contributed by atoms with Gasteiger partial charge in [0.05, 0.1) is 12.7 Å². The molecule has 2 saturated heterocycles. The first kappa shape index (κ1) is 22.1. The zero-order valence-electron chi connectivity index (χ0n) is 20.9. The Hall–Kier alpha value is -0.420. The molecule has 6 rings (SSSR count). The molecule has 2 aliphatic heterocycles. The number of fused-ring (bicyclic) bond motifs is 7. The fraction of sp³-hybridized carbons (Fsp3) is 0.929. The van der Waals surface area contributed by atoms with Crippen molar-refractivity contribution in [1.82, 2.24) is 0 Å². The Kier molecular flexibility index (Phi) is 4.87. The van der Waals surface area contributed by atoms with Crippen LogP contribution in [0.3, 0.4) is 0 Å². The number of rotatable bonds is 1. The molecule has 0 aromatic carbocycles. The van der Waals surface area contributed by atoms with E-state index in [4.69, 9.17) is 14.2 Å². The van der Waals surface area contributed by atoms with Gasteiger partial charge in [-0.3, -0.25) is 0 Å². The quantitative estimate of drug-likeness (QED) is 0.528. The predicted molar refractivity (Wildman–Crippen MR) is 124 cm³/mol. The molecule has 3 saturated carbocycles. The van der Waals surface area contributed by atoms with Gasteiger partial charge in [0.15, 0.2) is 11.6 Å². The second-order valence-corrected chi connectivity index (χ2v) is 13.1. The molecule has 180 valence electrons. The lowest BCUT2D eigenvalue weighted by atomic mass is 9.47. The van der Waals surface area contributed by atoms with Gasteiger partial charge in [-0.15, -0.1) is 0 Å². The Morgan fingerprint density at radius 3 is 2.59 bits per heavy atom. The van der Waals surface area contributed by atoms with Gasteiger partial charge in [0.2, 0.25) is 0 Å². The van der Waals surface area contributed by atoms with Gasteiger partial charge in [-0.2, -0.15) is 0 Å². The van der Waals surface area contributed by atoms with Crippen LogP contribution in [0.4, 0.5) is 0 Å². The van der Waals surface area contributed by atoms with Crippen LogP contribution in [0.1, 0.15) is 85.5 Å². The fourth-order valence-corrected chi connectivity index (χ4v) is 9.97. The van der Waals surface area contributed by atoms with Crippen LogP contribution in [0.15, 0.2) is 11.6 Å². The summed E-state index contributed by atoms with van der Waals surface area (Å²) < 4.78 is 19.9. The third kappa shape index (κ3) is 2.70. The maximum Gasteiger partial charge on any atom is 0.175 e. The van der Waals surface area contributed by atoms with Crippen molar-refractivity contribution in [2.75, 3.05) is 13.7 Å². The van der Waals surface area contributed by atoms with E-state index in [9.17, 15) is 5.11 Å². The van der Waals surface area contributed by atoms with Gasteiger partial charge in [-0.05, 0) is 79.4 Å². The van der Waals surface area contributed by atoms with Crippen LogP contribution in [0, 0.1) is 46.3 Å². The van der Waals surface area contributed by atoms with Crippen molar-refractivity contribution in [1.29, 1.82) is 0 Å². The predicted octanol–water partition coefficient (Wildman–Crippen LogP) is 5.69. The van der Waals surface area contributed by atoms with Gasteiger partial charge in [0, 0.05) is 31.8 Å². The van der Waals surface area contributed by atoms with E-state index in [1.807, 2.05) is 7.11 Å². The van der Waals surface area contributed by atoms with Gasteiger partial charge >= 0.3 is 0 Å². The third-order valence-corrected chi connectivity index (χ3v) is 11.7. The molecule has 5 fully saturated rings. The lowest BCUT2D eigenvalue weighted by molar-refractivity contribution is -0.337. The van der Waals surface area contributed by atoms with Crippen LogP contribution in [0.2, 0.25) is 0 Å². The summed E-state index contributed by atoms with van der Waals surface area (Å²) in [5, 5.41) is 10.3. The third-order valence-electron chi connectivity index (χ3n) is 11.7. The average Bonchev–Trinajstić information content (AvgIpc) is 3.17. The Bertz CT molecular complexity index is 799. The minimum atomic E-state index is -0.498. The molecule has 4 heteroatoms. The molecule has 11 atom stereocenters. The van der Waals surface area contributed by atoms with Crippen molar-refractivity contribution in [3.8, 4) is 0 Å². The largest absolute Gasteiger partial charge is 0.393 e. The fourth-order valence-electron chi connectivity index (χ4n) is 9.97. The summed E-state index contributed by atoms with van der Waals surface area (Å²) >= 11 is 0. The average molecular weight is 445 g/mol. The maximum atomic E-state index is 10.3. The van der Waals surface area contributed by atoms with Gasteiger partial charge < -0.3 is 19.3 Å². The molecule has 0 aromatic rings. The summed E-state index contributed by atoms with van der Waals surface area (Å²) in [5.74, 6) is 2.49. The van der Waals surface area contributed by atoms with Crippen LogP contribution in [0.5, 0.6) is 0 Å². The normalized spacial score (nSPS) is 59.2. The van der Waals surface area contributed by atoms with E-state index in [1.165, 1.54) is 25.7 Å². The van der Waals surface area contributed by atoms with Gasteiger partial charge in [0.25, 0.3) is 0 Å². The van der Waals surface area contributed by atoms with E-state index in [2.05, 4.69) is 33.8 Å². The van der Waals surface area contributed by atoms with Crippen LogP contribution in [-0.2, 0) is 14.2 Å². The topological polar surface area (TPSA) is 47.9 Å². The molecule has 32 heavy (non-hydrogen) atoms. The highest BCUT2D eigenvalue weighted by Crippen LogP contribution is 2.73. The summed E-state index contributed by atoms with van der Waals surface area (Å²) in [5.41, 5.74) is 2.06. The Labute approximate surface area is 194 Å². The molecule has 8 unspecified atom stereocenters. The Balaban J connectivity index is 1.34. The highest BCUT2D eigenvalue weighted by atomic mass is 16.8. The van der Waals surface area contributed by atoms with Crippen molar-refractivity contribution >= 4 is 0 Å². The van der Waals surface area contributed by atoms with Crippen molar-refractivity contribution in [2.24, 2.45) is 46.3 Å². The summed E-state index contributed by atoms with van der Waals surface area (Å²) in [7, 11) is 1.88. The molecule has 4 aliphatic carbocycles. The number of allylic oxidation sites excluding steroid dienone is 1. The smallest absolute Gasteiger partial charge is 0.175 e. The van der Waals surface area contributed by atoms with Crippen LogP contribution >= 0.6 is 0 Å². The number of aliphatic hydroxyl groups excluding tert-OH is 1. The first-order valence-corrected chi connectivity index (χ1v) is 13.4. The van der Waals surface area contributed by atoms with Gasteiger partial charge in [-0.25, -0.2) is 0 Å². The standard InChI is InChI=1S/C28H44O4/c1-17-8-13-27(31-16-17)18(2)24-26(4)12-10-22-21(23(26)15-28(24,30-5)32-27)7-6-19-14-20(29)9-11-25(19,22)3/h6,17-18,20-24,29H,7-16H2,1-5H3/t17?,18?,20-,21?,22?,23?,24?,25-,26-,27?,28?/m0/s1. The van der Waals surface area contributed by atoms with Crippen LogP contribution in [-0.4, -0.2) is 36.5 Å². The zero-order valence-corrected chi connectivity index (χ0v) is 20.9. The minimum absolute atomic E-state index is 0.133. The van der Waals surface area contributed by atoms with Crippen molar-refractivity contribution in [3.05, 3.63) is 11.6 Å². The number of ether oxygens (including phenoxy) is 3. The molecule has 6 aliphatic rings.